The molecule has 4 saturated carbocycles. The minimum atomic E-state index is -3.97. The van der Waals surface area contributed by atoms with E-state index in [9.17, 15) is 65.4 Å². The van der Waals surface area contributed by atoms with Crippen molar-refractivity contribution in [2.75, 3.05) is 13.1 Å². The Morgan fingerprint density at radius 3 is 1.80 bits per heavy atom. The summed E-state index contributed by atoms with van der Waals surface area (Å²) in [4.78, 5) is 126. The van der Waals surface area contributed by atoms with E-state index in [-0.39, 0.29) is 101 Å². The Bertz CT molecular complexity index is 4610. The van der Waals surface area contributed by atoms with E-state index in [1.807, 2.05) is 66.8 Å². The Kier molecular flexibility index (Phi) is 23.6. The summed E-state index contributed by atoms with van der Waals surface area (Å²) < 4.78 is 80.4. The lowest BCUT2D eigenvalue weighted by Gasteiger charge is -2.37. The van der Waals surface area contributed by atoms with E-state index < -0.39 is 116 Å². The standard InChI is InChI=1S/C43H57N3O9S.C42H55N3O9S/c1-7-9-10-11-12-15-28(22-36(49)54-40(3,4)5)38(50)46-27-42(19-18-31-30-16-13-14-17-32(30)44-33(26-47)37(31)55-42)24-34(46)35(48)25-43(23-29(43)8-2)39(51)45-56(52,53)41(6)20-21-41;1-39(2,3)53-35(48)21-27-13-9-7-5-6-8-10-14-28-22-42(28,38(50)44-55(51,52)40(4)19-20-40)24-34(47)33-23-41(26-45(33)37(27)49)18-17-30-29-15-11-12-16-31(29)43-32(25-46)36(30)54-41/h7-8,13-14,16-17,28-29,34,47H,1-2,9-12,15,18-27H2,3-6H3,(H,45,51);10-12,14-16,27-28,33,46H,5-9,13,17-26H2,1-4H3,(H,44,50)/b;14-10-/t28-,29-,34+,42-,43-;27-,28-,33+,41-,42-/m11/s1. The Morgan fingerprint density at radius 2 is 1.25 bits per heavy atom. The van der Waals surface area contributed by atoms with Crippen LogP contribution in [0.3, 0.4) is 0 Å². The fourth-order valence-electron chi connectivity index (χ4n) is 17.4. The number of aliphatic hydroxyl groups is 2. The lowest BCUT2D eigenvalue weighted by molar-refractivity contribution is -0.159. The number of ether oxygens (including phenoxy) is 4. The lowest BCUT2D eigenvalue weighted by atomic mass is 9.85. The maximum atomic E-state index is 14.9. The molecule has 2 saturated heterocycles. The van der Waals surface area contributed by atoms with Gasteiger partial charge in [0.05, 0.1) is 82.6 Å². The van der Waals surface area contributed by atoms with E-state index in [0.717, 1.165) is 84.3 Å². The number of allylic oxidation sites excluding steroid dienone is 4. The molecular weight excluding hydrogens is 1460 g/mol. The Balaban J connectivity index is 0.000000206. The SMILES string of the molecule is C=CCCCCC[C@H](CC(=O)OC(C)(C)C)C(=O)N1C[C@@]2(CCc3c(c(CO)nc4ccccc34)O2)C[C@H]1C(=O)C[C@]1(C(=O)NS(=O)(=O)C2(C)CC2)C[C@H]1C=C.CC(C)(C)OC(=O)C[C@H]1CCCCCC/C=C\[C@@H]2C[C@@]2(C(=O)NS(=O)(=O)C2(C)CC2)CC(=O)[C@@H]2C[C@]3(CCc4c(c(CO)nc5ccccc45)O3)CN2C1=O. The first-order chi connectivity index (χ1) is 52.4. The number of ketones is 2. The van der Waals surface area contributed by atoms with E-state index in [0.29, 0.717) is 99.9 Å². The van der Waals surface area contributed by atoms with E-state index in [1.54, 1.807) is 66.4 Å². The molecule has 4 N–H and O–H groups in total. The van der Waals surface area contributed by atoms with Gasteiger partial charge in [-0.1, -0.05) is 92.8 Å². The number of hydrogen-bond donors (Lipinski definition) is 4. The van der Waals surface area contributed by atoms with Crippen LogP contribution in [0.4, 0.5) is 0 Å². The molecule has 4 amide bonds. The molecule has 2 aromatic heterocycles. The van der Waals surface area contributed by atoms with Gasteiger partial charge in [-0.3, -0.25) is 47.8 Å². The number of rotatable bonds is 23. The number of likely N-dealkylation sites (tertiary alicyclic amines) is 1. The van der Waals surface area contributed by atoms with Crippen LogP contribution >= 0.6 is 0 Å². The van der Waals surface area contributed by atoms with Crippen molar-refractivity contribution in [1.29, 1.82) is 0 Å². The summed E-state index contributed by atoms with van der Waals surface area (Å²) in [6.45, 7) is 20.9. The van der Waals surface area contributed by atoms with Gasteiger partial charge < -0.3 is 39.0 Å². The van der Waals surface area contributed by atoms with Crippen LogP contribution in [0.5, 0.6) is 11.5 Å². The molecule has 10 atom stereocenters. The number of carbonyl (C=O) groups is 8. The summed E-state index contributed by atoms with van der Waals surface area (Å²) in [5.74, 6) is -5.22. The van der Waals surface area contributed by atoms with Crippen LogP contribution in [0.2, 0.25) is 0 Å². The number of benzene rings is 2. The minimum absolute atomic E-state index is 0.0392. The van der Waals surface area contributed by atoms with Gasteiger partial charge in [0.2, 0.25) is 43.7 Å². The largest absolute Gasteiger partial charge is 0.483 e. The molecule has 111 heavy (non-hydrogen) atoms. The molecule has 24 nitrogen and oxygen atoms in total. The molecule has 7 heterocycles. The van der Waals surface area contributed by atoms with Gasteiger partial charge in [0.15, 0.2) is 11.6 Å². The third-order valence-electron chi connectivity index (χ3n) is 24.7. The zero-order valence-electron chi connectivity index (χ0n) is 65.8. The van der Waals surface area contributed by atoms with Gasteiger partial charge in [0, 0.05) is 59.4 Å². The van der Waals surface area contributed by atoms with Gasteiger partial charge in [-0.25, -0.2) is 26.8 Å². The number of sulfonamides is 2. The first-order valence-electron chi connectivity index (χ1n) is 39.9. The second kappa shape index (κ2) is 31.8. The average molecular weight is 1570 g/mol. The molecule has 13 rings (SSSR count). The van der Waals surface area contributed by atoms with Crippen molar-refractivity contribution in [1.82, 2.24) is 29.2 Å². The molecule has 4 aromatic rings. The molecule has 5 aliphatic heterocycles. The lowest BCUT2D eigenvalue weighted by Crippen LogP contribution is -2.48. The van der Waals surface area contributed by atoms with E-state index in [2.05, 4.69) is 32.6 Å². The number of aliphatic hydroxyl groups excluding tert-OH is 2. The van der Waals surface area contributed by atoms with Crippen LogP contribution < -0.4 is 18.9 Å². The van der Waals surface area contributed by atoms with Crippen LogP contribution in [0.15, 0.2) is 86.0 Å². The molecule has 6 fully saturated rings. The molecule has 0 radical (unpaired) electrons. The number of carbonyl (C=O) groups excluding carboxylic acids is 8. The summed E-state index contributed by atoms with van der Waals surface area (Å²) in [5.41, 5.74) is -2.11. The number of pyridine rings is 2. The predicted octanol–water partition coefficient (Wildman–Crippen LogP) is 11.6. The molecule has 2 aromatic carbocycles. The highest BCUT2D eigenvalue weighted by Crippen LogP contribution is 2.60. The number of aromatic nitrogens is 2. The Labute approximate surface area is 652 Å². The summed E-state index contributed by atoms with van der Waals surface area (Å²) >= 11 is 0. The van der Waals surface area contributed by atoms with E-state index >= 15 is 0 Å². The summed E-state index contributed by atoms with van der Waals surface area (Å²) in [6.07, 6.45) is 19.5. The molecule has 4 aliphatic carbocycles. The predicted molar refractivity (Wildman–Crippen MR) is 417 cm³/mol. The monoisotopic (exact) mass is 1570 g/mol. The number of amides is 4. The molecule has 0 unspecified atom stereocenters. The van der Waals surface area contributed by atoms with Gasteiger partial charge in [-0.05, 0) is 182 Å². The smallest absolute Gasteiger partial charge is 0.307 e. The molecule has 9 aliphatic rings. The molecular formula is C85H112N6O18S2. The van der Waals surface area contributed by atoms with Gasteiger partial charge in [0.1, 0.15) is 45.3 Å². The number of nitrogens with one attached hydrogen (secondary N) is 2. The van der Waals surface area contributed by atoms with E-state index in [1.165, 1.54) is 4.90 Å². The summed E-state index contributed by atoms with van der Waals surface area (Å²) in [7, 11) is -7.92. The second-order valence-corrected chi connectivity index (χ2v) is 40.0. The highest BCUT2D eigenvalue weighted by molar-refractivity contribution is 7.92. The van der Waals surface area contributed by atoms with Crippen LogP contribution in [0.25, 0.3) is 21.8 Å². The van der Waals surface area contributed by atoms with Gasteiger partial charge >= 0.3 is 11.9 Å². The number of unbranched alkanes of at least 4 members (excludes halogenated alkanes) is 3. The highest BCUT2D eigenvalue weighted by atomic mass is 32.2. The van der Waals surface area contributed by atoms with Crippen molar-refractivity contribution in [3.8, 4) is 11.5 Å². The van der Waals surface area contributed by atoms with Crippen LogP contribution in [-0.4, -0.2) is 151 Å². The second-order valence-electron chi connectivity index (χ2n) is 35.6. The average Bonchev–Trinajstić information content (AvgIpc) is 1.41. The highest BCUT2D eigenvalue weighted by Gasteiger charge is 2.66. The van der Waals surface area contributed by atoms with Gasteiger partial charge in [-0.15, -0.1) is 13.2 Å². The molecule has 26 heteroatoms. The van der Waals surface area contributed by atoms with Crippen LogP contribution in [0, 0.1) is 34.5 Å². The van der Waals surface area contributed by atoms with Crippen LogP contribution in [-0.2, 0) is 93.9 Å². The van der Waals surface area contributed by atoms with Crippen molar-refractivity contribution >= 4 is 89.0 Å². The number of Topliss-reactive ketones (excluding diaryl/α,β-unsaturated/α-hetero) is 2. The number of para-hydroxylation sites is 2. The fraction of sp³-hybridized carbons (Fsp3) is 0.624. The van der Waals surface area contributed by atoms with Crippen LogP contribution in [0.1, 0.15) is 238 Å². The summed E-state index contributed by atoms with van der Waals surface area (Å²) in [5, 5.41) is 22.6. The quantitative estimate of drug-likeness (QED) is 0.0304. The third kappa shape index (κ3) is 17.7. The molecule has 2 spiro atoms. The molecule has 0 bridgehead atoms. The normalized spacial score (nSPS) is 27.8. The van der Waals surface area contributed by atoms with Gasteiger partial charge in [0.25, 0.3) is 0 Å². The van der Waals surface area contributed by atoms with Crippen molar-refractivity contribution in [2.24, 2.45) is 34.5 Å². The zero-order valence-corrected chi connectivity index (χ0v) is 67.4. The van der Waals surface area contributed by atoms with Crippen molar-refractivity contribution in [2.45, 2.75) is 286 Å². The Morgan fingerprint density at radius 1 is 0.694 bits per heavy atom. The number of aryl methyl sites for hydroxylation is 2. The van der Waals surface area contributed by atoms with Crippen molar-refractivity contribution < 1.29 is 84.4 Å². The van der Waals surface area contributed by atoms with Crippen molar-refractivity contribution in [3.63, 3.8) is 0 Å². The number of nitrogens with zero attached hydrogens (tertiary/aromatic N) is 4. The first kappa shape index (κ1) is 82.5. The minimum Gasteiger partial charge on any atom is -0.483 e. The number of esters is 2. The van der Waals surface area contributed by atoms with E-state index in [4.69, 9.17) is 18.9 Å². The van der Waals surface area contributed by atoms with Crippen molar-refractivity contribution in [3.05, 3.63) is 109 Å². The number of hydrogen-bond acceptors (Lipinski definition) is 20. The fourth-order valence-corrected chi connectivity index (χ4v) is 20.1. The maximum Gasteiger partial charge on any atom is 0.307 e. The first-order valence-corrected chi connectivity index (χ1v) is 42.9. The Hall–Kier alpha value is -7.94. The maximum absolute atomic E-state index is 14.9. The third-order valence-corrected chi connectivity index (χ3v) is 29.0. The number of fused-ring (bicyclic) bond motifs is 8. The molecule has 602 valence electrons. The topological polar surface area (TPSA) is 339 Å². The zero-order chi connectivity index (χ0) is 80.1. The van der Waals surface area contributed by atoms with Gasteiger partial charge in [-0.2, -0.15) is 0 Å². The summed E-state index contributed by atoms with van der Waals surface area (Å²) in [6, 6.07) is 13.3.